The van der Waals surface area contributed by atoms with Gasteiger partial charge in [-0.2, -0.15) is 5.10 Å². The van der Waals surface area contributed by atoms with E-state index in [1.807, 2.05) is 0 Å². The van der Waals surface area contributed by atoms with Gasteiger partial charge in [0.1, 0.15) is 0 Å². The third kappa shape index (κ3) is 3.06. The number of nitrogens with one attached hydrogen (secondary N) is 1. The van der Waals surface area contributed by atoms with Crippen molar-refractivity contribution in [2.75, 3.05) is 0 Å². The standard InChI is InChI=1S/C13H10N2O4/c16-12(11-6-3-7-19-11)15-14-8-9-4-1-2-5-10(9)13(17)18/h1-8H,(H,15,16)(H,17,18)/p-1. The first kappa shape index (κ1) is 12.6. The second-order valence-electron chi connectivity index (χ2n) is 3.55. The summed E-state index contributed by atoms with van der Waals surface area (Å²) in [7, 11) is 0. The minimum Gasteiger partial charge on any atom is -0.545 e. The molecular weight excluding hydrogens is 248 g/mol. The van der Waals surface area contributed by atoms with Crippen LogP contribution in [0.5, 0.6) is 0 Å². The highest BCUT2D eigenvalue weighted by atomic mass is 16.4. The van der Waals surface area contributed by atoms with Crippen LogP contribution in [-0.4, -0.2) is 18.1 Å². The molecule has 0 saturated heterocycles. The Kier molecular flexibility index (Phi) is 3.72. The number of carbonyl (C=O) groups excluding carboxylic acids is 2. The molecule has 2 rings (SSSR count). The summed E-state index contributed by atoms with van der Waals surface area (Å²) < 4.78 is 4.87. The molecule has 6 heteroatoms. The van der Waals surface area contributed by atoms with Crippen molar-refractivity contribution in [2.45, 2.75) is 0 Å². The number of nitrogens with zero attached hydrogens (tertiary/aromatic N) is 1. The van der Waals surface area contributed by atoms with Crippen molar-refractivity contribution in [3.05, 3.63) is 59.5 Å². The molecule has 1 aromatic carbocycles. The van der Waals surface area contributed by atoms with E-state index in [0.29, 0.717) is 5.56 Å². The van der Waals surface area contributed by atoms with Crippen molar-refractivity contribution in [3.8, 4) is 0 Å². The van der Waals surface area contributed by atoms with Gasteiger partial charge in [0.25, 0.3) is 0 Å². The molecule has 0 atom stereocenters. The fourth-order valence-corrected chi connectivity index (χ4v) is 1.42. The number of benzene rings is 1. The van der Waals surface area contributed by atoms with E-state index < -0.39 is 11.9 Å². The van der Waals surface area contributed by atoms with Crippen molar-refractivity contribution in [3.63, 3.8) is 0 Å². The Morgan fingerprint density at radius 2 is 2.00 bits per heavy atom. The molecule has 6 nitrogen and oxygen atoms in total. The van der Waals surface area contributed by atoms with Gasteiger partial charge in [-0.3, -0.25) is 4.79 Å². The molecular formula is C13H9N2O4-. The molecule has 1 heterocycles. The van der Waals surface area contributed by atoms with Crippen molar-refractivity contribution in [1.82, 2.24) is 5.43 Å². The largest absolute Gasteiger partial charge is 0.545 e. The SMILES string of the molecule is O=C(NN=Cc1ccccc1C(=O)[O-])c1ccco1. The summed E-state index contributed by atoms with van der Waals surface area (Å²) in [5.41, 5.74) is 2.56. The van der Waals surface area contributed by atoms with Crippen molar-refractivity contribution >= 4 is 18.1 Å². The molecule has 0 spiro atoms. The third-order valence-corrected chi connectivity index (χ3v) is 2.30. The van der Waals surface area contributed by atoms with Crippen LogP contribution in [0.4, 0.5) is 0 Å². The molecule has 0 unspecified atom stereocenters. The lowest BCUT2D eigenvalue weighted by Crippen LogP contribution is -2.24. The maximum atomic E-state index is 11.5. The summed E-state index contributed by atoms with van der Waals surface area (Å²) in [5.74, 6) is -1.71. The summed E-state index contributed by atoms with van der Waals surface area (Å²) in [6, 6.07) is 9.23. The van der Waals surface area contributed by atoms with Crippen LogP contribution in [0.2, 0.25) is 0 Å². The second-order valence-corrected chi connectivity index (χ2v) is 3.55. The van der Waals surface area contributed by atoms with Gasteiger partial charge in [-0.1, -0.05) is 24.3 Å². The lowest BCUT2D eigenvalue weighted by molar-refractivity contribution is -0.255. The van der Waals surface area contributed by atoms with E-state index >= 15 is 0 Å². The van der Waals surface area contributed by atoms with Crippen molar-refractivity contribution in [2.24, 2.45) is 5.10 Å². The van der Waals surface area contributed by atoms with E-state index in [1.54, 1.807) is 24.3 Å². The Labute approximate surface area is 108 Å². The van der Waals surface area contributed by atoms with Gasteiger partial charge >= 0.3 is 5.91 Å². The summed E-state index contributed by atoms with van der Waals surface area (Å²) in [4.78, 5) is 22.3. The van der Waals surface area contributed by atoms with Gasteiger partial charge in [-0.25, -0.2) is 5.43 Å². The van der Waals surface area contributed by atoms with Gasteiger partial charge in [-0.05, 0) is 12.1 Å². The molecule has 0 bridgehead atoms. The number of carboxylic acid groups (broad SMARTS) is 1. The van der Waals surface area contributed by atoms with Crippen LogP contribution >= 0.6 is 0 Å². The lowest BCUT2D eigenvalue weighted by atomic mass is 10.1. The van der Waals surface area contributed by atoms with Crippen LogP contribution < -0.4 is 10.5 Å². The van der Waals surface area contributed by atoms with Gasteiger partial charge in [0.15, 0.2) is 5.76 Å². The fourth-order valence-electron chi connectivity index (χ4n) is 1.42. The Hall–Kier alpha value is -2.89. The quantitative estimate of drug-likeness (QED) is 0.633. The number of hydrogen-bond acceptors (Lipinski definition) is 5. The fraction of sp³-hybridized carbons (Fsp3) is 0. The third-order valence-electron chi connectivity index (χ3n) is 2.30. The molecule has 19 heavy (non-hydrogen) atoms. The highest BCUT2D eigenvalue weighted by Crippen LogP contribution is 2.04. The van der Waals surface area contributed by atoms with Crippen LogP contribution in [0, 0.1) is 0 Å². The van der Waals surface area contributed by atoms with E-state index in [-0.39, 0.29) is 11.3 Å². The van der Waals surface area contributed by atoms with Crippen LogP contribution in [0.3, 0.4) is 0 Å². The monoisotopic (exact) mass is 257 g/mol. The lowest BCUT2D eigenvalue weighted by Gasteiger charge is -2.05. The minimum absolute atomic E-state index is 0.00139. The number of aromatic carboxylic acids is 1. The highest BCUT2D eigenvalue weighted by molar-refractivity contribution is 5.98. The van der Waals surface area contributed by atoms with E-state index in [4.69, 9.17) is 4.42 Å². The Morgan fingerprint density at radius 1 is 1.21 bits per heavy atom. The normalized spacial score (nSPS) is 10.5. The molecule has 96 valence electrons. The zero-order chi connectivity index (χ0) is 13.7. The van der Waals surface area contributed by atoms with Crippen LogP contribution in [0.1, 0.15) is 26.5 Å². The molecule has 1 N–H and O–H groups in total. The molecule has 1 amide bonds. The molecule has 0 radical (unpaired) electrons. The summed E-state index contributed by atoms with van der Waals surface area (Å²) >= 11 is 0. The van der Waals surface area contributed by atoms with E-state index in [2.05, 4.69) is 10.5 Å². The topological polar surface area (TPSA) is 94.7 Å². The molecule has 0 saturated carbocycles. The van der Waals surface area contributed by atoms with E-state index in [0.717, 1.165) is 0 Å². The molecule has 1 aromatic heterocycles. The molecule has 2 aromatic rings. The number of rotatable bonds is 4. The zero-order valence-corrected chi connectivity index (χ0v) is 9.70. The Morgan fingerprint density at radius 3 is 2.68 bits per heavy atom. The van der Waals surface area contributed by atoms with E-state index in [1.165, 1.54) is 24.6 Å². The molecule has 0 aliphatic carbocycles. The first-order chi connectivity index (χ1) is 9.18. The van der Waals surface area contributed by atoms with Crippen LogP contribution in [-0.2, 0) is 0 Å². The maximum absolute atomic E-state index is 11.5. The Bertz CT molecular complexity index is 617. The summed E-state index contributed by atoms with van der Waals surface area (Å²) in [6.07, 6.45) is 2.59. The average Bonchev–Trinajstić information content (AvgIpc) is 2.93. The summed E-state index contributed by atoms with van der Waals surface area (Å²) in [5, 5.41) is 14.5. The van der Waals surface area contributed by atoms with Gasteiger partial charge in [0.05, 0.1) is 18.4 Å². The maximum Gasteiger partial charge on any atom is 0.307 e. The number of carbonyl (C=O) groups is 2. The second kappa shape index (κ2) is 5.63. The average molecular weight is 257 g/mol. The predicted octanol–water partition coefficient (Wildman–Crippen LogP) is 0.407. The van der Waals surface area contributed by atoms with Crippen LogP contribution in [0.25, 0.3) is 0 Å². The molecule has 0 aliphatic heterocycles. The van der Waals surface area contributed by atoms with Crippen LogP contribution in [0.15, 0.2) is 52.2 Å². The number of hydrogen-bond donors (Lipinski definition) is 1. The molecule has 0 aliphatic rings. The highest BCUT2D eigenvalue weighted by Gasteiger charge is 2.06. The van der Waals surface area contributed by atoms with Gasteiger partial charge in [0, 0.05) is 11.1 Å². The number of hydrazone groups is 1. The zero-order valence-electron chi connectivity index (χ0n) is 9.70. The van der Waals surface area contributed by atoms with Gasteiger partial charge < -0.3 is 14.3 Å². The van der Waals surface area contributed by atoms with E-state index in [9.17, 15) is 14.7 Å². The number of furan rings is 1. The smallest absolute Gasteiger partial charge is 0.307 e. The number of carboxylic acids is 1. The predicted molar refractivity (Wildman–Crippen MR) is 64.5 cm³/mol. The minimum atomic E-state index is -1.31. The van der Waals surface area contributed by atoms with Crippen molar-refractivity contribution in [1.29, 1.82) is 0 Å². The Balaban J connectivity index is 2.07. The first-order valence-corrected chi connectivity index (χ1v) is 5.36. The van der Waals surface area contributed by atoms with Gasteiger partial charge in [-0.15, -0.1) is 0 Å². The number of amides is 1. The van der Waals surface area contributed by atoms with Crippen molar-refractivity contribution < 1.29 is 19.1 Å². The summed E-state index contributed by atoms with van der Waals surface area (Å²) in [6.45, 7) is 0. The molecule has 0 fully saturated rings. The first-order valence-electron chi connectivity index (χ1n) is 5.36. The van der Waals surface area contributed by atoms with Gasteiger partial charge in [0.2, 0.25) is 0 Å².